The Balaban J connectivity index is 0.00000264. The van der Waals surface area contributed by atoms with Crippen molar-refractivity contribution < 1.29 is 9.59 Å². The molecule has 128 valence electrons. The van der Waals surface area contributed by atoms with Crippen LogP contribution in [-0.2, 0) is 4.79 Å². The summed E-state index contributed by atoms with van der Waals surface area (Å²) in [4.78, 5) is 28.5. The molecule has 1 aromatic carbocycles. The monoisotopic (exact) mass is 339 g/mol. The summed E-state index contributed by atoms with van der Waals surface area (Å²) < 4.78 is 0. The zero-order chi connectivity index (χ0) is 16.3. The van der Waals surface area contributed by atoms with Crippen molar-refractivity contribution in [2.45, 2.75) is 27.2 Å². The Kier molecular flexibility index (Phi) is 6.88. The highest BCUT2D eigenvalue weighted by molar-refractivity contribution is 5.96. The number of hydrogen-bond donors (Lipinski definition) is 1. The van der Waals surface area contributed by atoms with Gasteiger partial charge in [-0.25, -0.2) is 0 Å². The van der Waals surface area contributed by atoms with Crippen LogP contribution in [0.15, 0.2) is 18.2 Å². The largest absolute Gasteiger partial charge is 0.399 e. The van der Waals surface area contributed by atoms with Gasteiger partial charge >= 0.3 is 0 Å². The Labute approximate surface area is 144 Å². The Morgan fingerprint density at radius 1 is 1.09 bits per heavy atom. The Morgan fingerprint density at radius 2 is 1.70 bits per heavy atom. The molecule has 1 aliphatic rings. The standard InChI is InChI=1S/C17H25N3O2.ClH/c1-12(2)16(21)19-7-4-8-20(10-9-19)17(22)15-11-14(18)6-5-13(15)3;/h5-6,11-12H,4,7-10,18H2,1-3H3;1H. The topological polar surface area (TPSA) is 66.6 Å². The van der Waals surface area contributed by atoms with E-state index < -0.39 is 0 Å². The van der Waals surface area contributed by atoms with E-state index in [0.29, 0.717) is 30.9 Å². The van der Waals surface area contributed by atoms with Crippen LogP contribution in [0.25, 0.3) is 0 Å². The number of halogens is 1. The lowest BCUT2D eigenvalue weighted by Gasteiger charge is -2.24. The molecule has 2 N–H and O–H groups in total. The Hall–Kier alpha value is -1.75. The van der Waals surface area contributed by atoms with E-state index in [-0.39, 0.29) is 30.1 Å². The summed E-state index contributed by atoms with van der Waals surface area (Å²) in [6.07, 6.45) is 0.811. The number of amides is 2. The van der Waals surface area contributed by atoms with E-state index in [1.807, 2.05) is 36.6 Å². The molecule has 2 rings (SSSR count). The molecule has 1 fully saturated rings. The van der Waals surface area contributed by atoms with Crippen molar-refractivity contribution in [2.75, 3.05) is 31.9 Å². The SMILES string of the molecule is Cc1ccc(N)cc1C(=O)N1CCCN(C(=O)C(C)C)CC1.Cl. The summed E-state index contributed by atoms with van der Waals surface area (Å²) >= 11 is 0. The van der Waals surface area contributed by atoms with E-state index in [1.165, 1.54) is 0 Å². The number of carbonyl (C=O) groups excluding carboxylic acids is 2. The number of rotatable bonds is 2. The molecule has 0 spiro atoms. The molecule has 1 heterocycles. The Morgan fingerprint density at radius 3 is 2.35 bits per heavy atom. The van der Waals surface area contributed by atoms with E-state index in [4.69, 9.17) is 5.73 Å². The van der Waals surface area contributed by atoms with Crippen LogP contribution in [0.2, 0.25) is 0 Å². The van der Waals surface area contributed by atoms with Crippen molar-refractivity contribution in [1.29, 1.82) is 0 Å². The molecule has 1 aliphatic heterocycles. The molecule has 1 saturated heterocycles. The third-order valence-electron chi connectivity index (χ3n) is 4.08. The number of nitrogens with zero attached hydrogens (tertiary/aromatic N) is 2. The van der Waals surface area contributed by atoms with Gasteiger partial charge in [-0.1, -0.05) is 19.9 Å². The van der Waals surface area contributed by atoms with Crippen LogP contribution in [-0.4, -0.2) is 47.8 Å². The van der Waals surface area contributed by atoms with Gasteiger partial charge in [0, 0.05) is 43.3 Å². The molecular formula is C17H26ClN3O2. The van der Waals surface area contributed by atoms with Gasteiger partial charge in [0.1, 0.15) is 0 Å². The highest BCUT2D eigenvalue weighted by Crippen LogP contribution is 2.17. The van der Waals surface area contributed by atoms with Crippen molar-refractivity contribution in [1.82, 2.24) is 9.80 Å². The summed E-state index contributed by atoms with van der Waals surface area (Å²) in [6, 6.07) is 5.41. The van der Waals surface area contributed by atoms with Gasteiger partial charge in [-0.2, -0.15) is 0 Å². The predicted molar refractivity (Wildman–Crippen MR) is 94.8 cm³/mol. The van der Waals surface area contributed by atoms with Crippen LogP contribution in [0.3, 0.4) is 0 Å². The van der Waals surface area contributed by atoms with Gasteiger partial charge in [-0.15, -0.1) is 12.4 Å². The summed E-state index contributed by atoms with van der Waals surface area (Å²) in [5.41, 5.74) is 7.98. The van der Waals surface area contributed by atoms with Gasteiger partial charge in [0.15, 0.2) is 0 Å². The summed E-state index contributed by atoms with van der Waals surface area (Å²) in [7, 11) is 0. The lowest BCUT2D eigenvalue weighted by atomic mass is 10.1. The van der Waals surface area contributed by atoms with Crippen molar-refractivity contribution in [2.24, 2.45) is 5.92 Å². The van der Waals surface area contributed by atoms with Gasteiger partial charge in [-0.05, 0) is 31.0 Å². The van der Waals surface area contributed by atoms with Gasteiger partial charge < -0.3 is 15.5 Å². The zero-order valence-corrected chi connectivity index (χ0v) is 14.9. The molecule has 0 aromatic heterocycles. The van der Waals surface area contributed by atoms with E-state index in [0.717, 1.165) is 18.5 Å². The second-order valence-electron chi connectivity index (χ2n) is 6.20. The minimum atomic E-state index is -0.00147. The molecule has 0 bridgehead atoms. The van der Waals surface area contributed by atoms with E-state index in [2.05, 4.69) is 0 Å². The molecule has 1 aromatic rings. The highest BCUT2D eigenvalue weighted by Gasteiger charge is 2.24. The van der Waals surface area contributed by atoms with Crippen molar-refractivity contribution >= 4 is 29.9 Å². The van der Waals surface area contributed by atoms with Crippen LogP contribution in [0, 0.1) is 12.8 Å². The molecule has 2 amide bonds. The predicted octanol–water partition coefficient (Wildman–Crippen LogP) is 2.33. The van der Waals surface area contributed by atoms with Crippen molar-refractivity contribution in [3.05, 3.63) is 29.3 Å². The minimum absolute atomic E-state index is 0. The highest BCUT2D eigenvalue weighted by atomic mass is 35.5. The molecule has 23 heavy (non-hydrogen) atoms. The van der Waals surface area contributed by atoms with Crippen LogP contribution in [0.1, 0.15) is 36.2 Å². The van der Waals surface area contributed by atoms with E-state index in [9.17, 15) is 9.59 Å². The lowest BCUT2D eigenvalue weighted by molar-refractivity contribution is -0.134. The van der Waals surface area contributed by atoms with Gasteiger partial charge in [0.05, 0.1) is 0 Å². The van der Waals surface area contributed by atoms with Crippen LogP contribution < -0.4 is 5.73 Å². The normalized spacial score (nSPS) is 15.1. The van der Waals surface area contributed by atoms with E-state index in [1.54, 1.807) is 12.1 Å². The number of nitrogen functional groups attached to an aromatic ring is 1. The molecule has 0 atom stereocenters. The van der Waals surface area contributed by atoms with Crippen molar-refractivity contribution in [3.8, 4) is 0 Å². The molecule has 0 unspecified atom stereocenters. The average Bonchev–Trinajstić information content (AvgIpc) is 2.74. The number of anilines is 1. The van der Waals surface area contributed by atoms with Crippen molar-refractivity contribution in [3.63, 3.8) is 0 Å². The number of nitrogens with two attached hydrogens (primary N) is 1. The van der Waals surface area contributed by atoms with Crippen LogP contribution in [0.5, 0.6) is 0 Å². The first-order valence-electron chi connectivity index (χ1n) is 7.84. The number of carbonyl (C=O) groups is 2. The first kappa shape index (κ1) is 19.3. The summed E-state index contributed by atoms with van der Waals surface area (Å²) in [5, 5.41) is 0. The fraction of sp³-hybridized carbons (Fsp3) is 0.529. The molecule has 0 saturated carbocycles. The first-order valence-corrected chi connectivity index (χ1v) is 7.84. The van der Waals surface area contributed by atoms with Crippen LogP contribution >= 0.6 is 12.4 Å². The minimum Gasteiger partial charge on any atom is -0.399 e. The van der Waals surface area contributed by atoms with Gasteiger partial charge in [-0.3, -0.25) is 9.59 Å². The second kappa shape index (κ2) is 8.20. The van der Waals surface area contributed by atoms with Gasteiger partial charge in [0.2, 0.25) is 5.91 Å². The van der Waals surface area contributed by atoms with Gasteiger partial charge in [0.25, 0.3) is 5.91 Å². The Bertz CT molecular complexity index is 575. The summed E-state index contributed by atoms with van der Waals surface area (Å²) in [5.74, 6) is 0.163. The fourth-order valence-corrected chi connectivity index (χ4v) is 2.75. The van der Waals surface area contributed by atoms with Crippen LogP contribution in [0.4, 0.5) is 5.69 Å². The first-order chi connectivity index (χ1) is 10.4. The third kappa shape index (κ3) is 4.61. The maximum Gasteiger partial charge on any atom is 0.254 e. The quantitative estimate of drug-likeness (QED) is 0.841. The fourth-order valence-electron chi connectivity index (χ4n) is 2.75. The number of aryl methyl sites for hydroxylation is 1. The maximum atomic E-state index is 12.7. The number of hydrogen-bond acceptors (Lipinski definition) is 3. The number of benzene rings is 1. The third-order valence-corrected chi connectivity index (χ3v) is 4.08. The average molecular weight is 340 g/mol. The molecular weight excluding hydrogens is 314 g/mol. The molecule has 0 radical (unpaired) electrons. The lowest BCUT2D eigenvalue weighted by Crippen LogP contribution is -2.39. The zero-order valence-electron chi connectivity index (χ0n) is 14.0. The maximum absolute atomic E-state index is 12.7. The summed E-state index contributed by atoms with van der Waals surface area (Å²) in [6.45, 7) is 8.30. The molecule has 5 nitrogen and oxygen atoms in total. The molecule has 0 aliphatic carbocycles. The molecule has 6 heteroatoms. The second-order valence-corrected chi connectivity index (χ2v) is 6.20. The van der Waals surface area contributed by atoms with E-state index >= 15 is 0 Å². The smallest absolute Gasteiger partial charge is 0.254 e.